The molecule has 2 heterocycles. The SMILES string of the molecule is CCOc1ccccc1N1C[C@@H](c2nc3ccccc3n2CC(=O)N(c2ccccc2)C(C)C)CC1=O. The minimum atomic E-state index is -0.147. The first kappa shape index (κ1) is 24.6. The number of para-hydroxylation sites is 5. The molecule has 1 saturated heterocycles. The number of imidazole rings is 1. The second-order valence-corrected chi connectivity index (χ2v) is 9.54. The third-order valence-corrected chi connectivity index (χ3v) is 6.74. The molecule has 3 aromatic carbocycles. The zero-order chi connectivity index (χ0) is 25.9. The minimum Gasteiger partial charge on any atom is -0.492 e. The lowest BCUT2D eigenvalue weighted by Gasteiger charge is -2.28. The van der Waals surface area contributed by atoms with Crippen LogP contribution in [0.25, 0.3) is 11.0 Å². The minimum absolute atomic E-state index is 0.00764. The van der Waals surface area contributed by atoms with Crippen molar-refractivity contribution in [3.05, 3.63) is 84.7 Å². The van der Waals surface area contributed by atoms with E-state index in [0.717, 1.165) is 28.2 Å². The van der Waals surface area contributed by atoms with E-state index < -0.39 is 0 Å². The Hall–Kier alpha value is -4.13. The third kappa shape index (κ3) is 4.81. The Morgan fingerprint density at radius 1 is 1.03 bits per heavy atom. The van der Waals surface area contributed by atoms with Gasteiger partial charge in [0, 0.05) is 30.6 Å². The Kier molecular flexibility index (Phi) is 6.95. The predicted octanol–water partition coefficient (Wildman–Crippen LogP) is 5.40. The molecular formula is C30H32N4O3. The van der Waals surface area contributed by atoms with E-state index >= 15 is 0 Å². The second kappa shape index (κ2) is 10.5. The van der Waals surface area contributed by atoms with E-state index in [-0.39, 0.29) is 30.3 Å². The number of fused-ring (bicyclic) bond motifs is 1. The van der Waals surface area contributed by atoms with E-state index in [9.17, 15) is 9.59 Å². The quantitative estimate of drug-likeness (QED) is 0.328. The van der Waals surface area contributed by atoms with E-state index in [1.807, 2.05) is 109 Å². The zero-order valence-corrected chi connectivity index (χ0v) is 21.5. The number of amides is 2. The summed E-state index contributed by atoms with van der Waals surface area (Å²) in [6.07, 6.45) is 0.324. The van der Waals surface area contributed by atoms with Crippen molar-refractivity contribution in [2.75, 3.05) is 23.0 Å². The van der Waals surface area contributed by atoms with Crippen LogP contribution in [0.5, 0.6) is 5.75 Å². The first-order valence-electron chi connectivity index (χ1n) is 12.8. The topological polar surface area (TPSA) is 67.7 Å². The van der Waals surface area contributed by atoms with Gasteiger partial charge in [-0.3, -0.25) is 9.59 Å². The van der Waals surface area contributed by atoms with Gasteiger partial charge in [0.05, 0.1) is 23.3 Å². The van der Waals surface area contributed by atoms with Crippen LogP contribution in [-0.4, -0.2) is 40.6 Å². The summed E-state index contributed by atoms with van der Waals surface area (Å²) in [5, 5.41) is 0. The van der Waals surface area contributed by atoms with Crippen molar-refractivity contribution in [1.82, 2.24) is 9.55 Å². The lowest BCUT2D eigenvalue weighted by atomic mass is 10.1. The van der Waals surface area contributed by atoms with Gasteiger partial charge in [0.15, 0.2) is 0 Å². The normalized spacial score (nSPS) is 15.5. The van der Waals surface area contributed by atoms with Crippen molar-refractivity contribution < 1.29 is 14.3 Å². The second-order valence-electron chi connectivity index (χ2n) is 9.54. The molecule has 0 saturated carbocycles. The predicted molar refractivity (Wildman–Crippen MR) is 146 cm³/mol. The molecule has 0 bridgehead atoms. The van der Waals surface area contributed by atoms with Crippen LogP contribution in [0.15, 0.2) is 78.9 Å². The van der Waals surface area contributed by atoms with Crippen molar-refractivity contribution >= 4 is 34.2 Å². The van der Waals surface area contributed by atoms with E-state index in [0.29, 0.717) is 25.3 Å². The lowest BCUT2D eigenvalue weighted by molar-refractivity contribution is -0.119. The highest BCUT2D eigenvalue weighted by Gasteiger charge is 2.36. The Balaban J connectivity index is 1.49. The number of hydrogen-bond donors (Lipinski definition) is 0. The molecule has 0 radical (unpaired) electrons. The van der Waals surface area contributed by atoms with Gasteiger partial charge in [-0.2, -0.15) is 0 Å². The Morgan fingerprint density at radius 2 is 1.73 bits per heavy atom. The van der Waals surface area contributed by atoms with Crippen LogP contribution >= 0.6 is 0 Å². The first-order valence-corrected chi connectivity index (χ1v) is 12.8. The van der Waals surface area contributed by atoms with E-state index in [2.05, 4.69) is 0 Å². The van der Waals surface area contributed by atoms with Gasteiger partial charge in [-0.1, -0.05) is 42.5 Å². The first-order chi connectivity index (χ1) is 18.0. The summed E-state index contributed by atoms with van der Waals surface area (Å²) in [7, 11) is 0. The average Bonchev–Trinajstić information content (AvgIpc) is 3.45. The molecule has 1 aromatic heterocycles. The Labute approximate surface area is 217 Å². The van der Waals surface area contributed by atoms with Crippen molar-refractivity contribution in [2.24, 2.45) is 0 Å². The van der Waals surface area contributed by atoms with Crippen molar-refractivity contribution in [3.8, 4) is 5.75 Å². The molecule has 1 atom stereocenters. The number of aromatic nitrogens is 2. The van der Waals surface area contributed by atoms with Gasteiger partial charge in [0.2, 0.25) is 11.8 Å². The van der Waals surface area contributed by atoms with Crippen LogP contribution in [0.3, 0.4) is 0 Å². The molecule has 0 N–H and O–H groups in total. The summed E-state index contributed by atoms with van der Waals surface area (Å²) in [6, 6.07) is 25.2. The molecule has 7 nitrogen and oxygen atoms in total. The smallest absolute Gasteiger partial charge is 0.247 e. The summed E-state index contributed by atoms with van der Waals surface area (Å²) in [5.74, 6) is 1.31. The van der Waals surface area contributed by atoms with Crippen LogP contribution < -0.4 is 14.5 Å². The molecule has 1 aliphatic heterocycles. The number of hydrogen-bond acceptors (Lipinski definition) is 4. The number of nitrogens with zero attached hydrogens (tertiary/aromatic N) is 4. The zero-order valence-electron chi connectivity index (χ0n) is 21.5. The van der Waals surface area contributed by atoms with Gasteiger partial charge in [0.1, 0.15) is 18.1 Å². The summed E-state index contributed by atoms with van der Waals surface area (Å²) >= 11 is 0. The highest BCUT2D eigenvalue weighted by molar-refractivity contribution is 5.98. The molecule has 1 aliphatic rings. The number of ether oxygens (including phenoxy) is 1. The molecule has 0 aliphatic carbocycles. The van der Waals surface area contributed by atoms with Crippen molar-refractivity contribution in [2.45, 2.75) is 45.7 Å². The summed E-state index contributed by atoms with van der Waals surface area (Å²) in [4.78, 5) is 35.5. The van der Waals surface area contributed by atoms with E-state index in [1.165, 1.54) is 0 Å². The molecule has 0 unspecified atom stereocenters. The van der Waals surface area contributed by atoms with Gasteiger partial charge in [-0.05, 0) is 57.2 Å². The van der Waals surface area contributed by atoms with Crippen LogP contribution in [0.4, 0.5) is 11.4 Å². The molecule has 2 amide bonds. The summed E-state index contributed by atoms with van der Waals surface area (Å²) < 4.78 is 7.78. The number of rotatable bonds is 8. The van der Waals surface area contributed by atoms with E-state index in [4.69, 9.17) is 9.72 Å². The molecule has 7 heteroatoms. The fraction of sp³-hybridized carbons (Fsp3) is 0.300. The van der Waals surface area contributed by atoms with Crippen LogP contribution in [-0.2, 0) is 16.1 Å². The summed E-state index contributed by atoms with van der Waals surface area (Å²) in [5.41, 5.74) is 3.35. The van der Waals surface area contributed by atoms with Gasteiger partial charge in [-0.25, -0.2) is 4.98 Å². The fourth-order valence-electron chi connectivity index (χ4n) is 5.17. The Bertz CT molecular complexity index is 1410. The van der Waals surface area contributed by atoms with Gasteiger partial charge >= 0.3 is 0 Å². The maximum Gasteiger partial charge on any atom is 0.247 e. The van der Waals surface area contributed by atoms with Crippen LogP contribution in [0, 0.1) is 0 Å². The maximum atomic E-state index is 13.7. The van der Waals surface area contributed by atoms with Crippen molar-refractivity contribution in [3.63, 3.8) is 0 Å². The number of carbonyl (C=O) groups excluding carboxylic acids is 2. The van der Waals surface area contributed by atoms with Crippen molar-refractivity contribution in [1.29, 1.82) is 0 Å². The van der Waals surface area contributed by atoms with Crippen LogP contribution in [0.1, 0.15) is 38.9 Å². The number of anilines is 2. The molecule has 5 rings (SSSR count). The largest absolute Gasteiger partial charge is 0.492 e. The highest BCUT2D eigenvalue weighted by atomic mass is 16.5. The number of benzene rings is 3. The monoisotopic (exact) mass is 496 g/mol. The average molecular weight is 497 g/mol. The Morgan fingerprint density at radius 3 is 2.49 bits per heavy atom. The molecule has 4 aromatic rings. The van der Waals surface area contributed by atoms with Gasteiger partial charge in [0.25, 0.3) is 0 Å². The van der Waals surface area contributed by atoms with Gasteiger partial charge < -0.3 is 19.1 Å². The number of carbonyl (C=O) groups is 2. The maximum absolute atomic E-state index is 13.7. The standard InChI is InChI=1S/C30H32N4O3/c1-4-37-27-17-11-10-16-26(27)32-19-22(18-28(32)35)30-31-24-14-8-9-15-25(24)33(30)20-29(36)34(21(2)3)23-12-6-5-7-13-23/h5-17,21-22H,4,18-20H2,1-3H3/t22-/m0/s1. The van der Waals surface area contributed by atoms with Crippen LogP contribution in [0.2, 0.25) is 0 Å². The highest BCUT2D eigenvalue weighted by Crippen LogP contribution is 2.37. The summed E-state index contributed by atoms with van der Waals surface area (Å²) in [6.45, 7) is 7.10. The molecule has 1 fully saturated rings. The molecule has 190 valence electrons. The molecular weight excluding hydrogens is 464 g/mol. The van der Waals surface area contributed by atoms with Gasteiger partial charge in [-0.15, -0.1) is 0 Å². The fourth-order valence-corrected chi connectivity index (χ4v) is 5.17. The third-order valence-electron chi connectivity index (χ3n) is 6.74. The molecule has 37 heavy (non-hydrogen) atoms. The lowest BCUT2D eigenvalue weighted by Crippen LogP contribution is -2.39. The van der Waals surface area contributed by atoms with E-state index in [1.54, 1.807) is 4.90 Å². The molecule has 0 spiro atoms.